The van der Waals surface area contributed by atoms with Crippen molar-refractivity contribution in [1.82, 2.24) is 15.0 Å². The molecule has 9 nitrogen and oxygen atoms in total. The third-order valence-electron chi connectivity index (χ3n) is 5.79. The number of nitrogens with one attached hydrogen (secondary N) is 1. The number of anilines is 1. The molecule has 1 unspecified atom stereocenters. The third kappa shape index (κ3) is 5.48. The molecule has 0 radical (unpaired) electrons. The summed E-state index contributed by atoms with van der Waals surface area (Å²) in [6.45, 7) is 4.44. The largest absolute Gasteiger partial charge is 0.493 e. The van der Waals surface area contributed by atoms with Gasteiger partial charge in [-0.15, -0.1) is 0 Å². The monoisotopic (exact) mass is 466 g/mol. The average Bonchev–Trinajstić information content (AvgIpc) is 3.33. The number of aromatic nitrogens is 2. The van der Waals surface area contributed by atoms with Crippen molar-refractivity contribution in [2.24, 2.45) is 5.92 Å². The van der Waals surface area contributed by atoms with Gasteiger partial charge in [0.2, 0.25) is 17.6 Å². The lowest BCUT2D eigenvalue weighted by Crippen LogP contribution is -2.40. The van der Waals surface area contributed by atoms with Gasteiger partial charge in [-0.1, -0.05) is 17.3 Å². The first kappa shape index (κ1) is 23.6. The molecule has 1 saturated heterocycles. The molecule has 1 aromatic heterocycles. The summed E-state index contributed by atoms with van der Waals surface area (Å²) in [5.74, 6) is 2.77. The van der Waals surface area contributed by atoms with Crippen molar-refractivity contribution < 1.29 is 23.5 Å². The molecule has 9 heteroatoms. The second-order valence-corrected chi connectivity index (χ2v) is 8.07. The van der Waals surface area contributed by atoms with Crippen LogP contribution in [0, 0.1) is 5.92 Å². The number of para-hydroxylation sites is 2. The fourth-order valence-electron chi connectivity index (χ4n) is 4.10. The fourth-order valence-corrected chi connectivity index (χ4v) is 4.10. The molecular weight excluding hydrogens is 436 g/mol. The van der Waals surface area contributed by atoms with Gasteiger partial charge >= 0.3 is 0 Å². The number of rotatable bonds is 9. The highest BCUT2D eigenvalue weighted by Gasteiger charge is 2.27. The van der Waals surface area contributed by atoms with Crippen LogP contribution in [0.3, 0.4) is 0 Å². The van der Waals surface area contributed by atoms with Gasteiger partial charge in [-0.2, -0.15) is 4.98 Å². The van der Waals surface area contributed by atoms with Crippen LogP contribution in [0.5, 0.6) is 17.2 Å². The molecule has 0 saturated carbocycles. The van der Waals surface area contributed by atoms with Crippen LogP contribution < -0.4 is 19.5 Å². The van der Waals surface area contributed by atoms with Crippen molar-refractivity contribution in [3.8, 4) is 28.6 Å². The summed E-state index contributed by atoms with van der Waals surface area (Å²) < 4.78 is 21.8. The molecule has 2 aromatic carbocycles. The second kappa shape index (κ2) is 11.0. The number of likely N-dealkylation sites (tertiary alicyclic amines) is 1. The molecule has 34 heavy (non-hydrogen) atoms. The first-order valence-corrected chi connectivity index (χ1v) is 11.4. The van der Waals surface area contributed by atoms with Crippen LogP contribution in [0.2, 0.25) is 0 Å². The van der Waals surface area contributed by atoms with Crippen LogP contribution in [0.15, 0.2) is 47.0 Å². The minimum Gasteiger partial charge on any atom is -0.493 e. The van der Waals surface area contributed by atoms with Gasteiger partial charge in [0.25, 0.3) is 0 Å². The molecule has 0 aliphatic carbocycles. The first-order valence-electron chi connectivity index (χ1n) is 11.4. The van der Waals surface area contributed by atoms with Crippen molar-refractivity contribution in [3.63, 3.8) is 0 Å². The van der Waals surface area contributed by atoms with E-state index in [1.54, 1.807) is 14.2 Å². The lowest BCUT2D eigenvalue weighted by Gasteiger charge is -2.31. The number of ether oxygens (including phenoxy) is 3. The summed E-state index contributed by atoms with van der Waals surface area (Å²) in [6.07, 6.45) is 1.75. The predicted molar refractivity (Wildman–Crippen MR) is 127 cm³/mol. The molecule has 1 fully saturated rings. The van der Waals surface area contributed by atoms with E-state index < -0.39 is 0 Å². The maximum absolute atomic E-state index is 13.0. The zero-order valence-corrected chi connectivity index (χ0v) is 19.7. The van der Waals surface area contributed by atoms with Gasteiger partial charge in [-0.05, 0) is 56.6 Å². The molecule has 2 heterocycles. The van der Waals surface area contributed by atoms with Crippen molar-refractivity contribution >= 4 is 11.6 Å². The quantitative estimate of drug-likeness (QED) is 0.505. The van der Waals surface area contributed by atoms with Crippen LogP contribution in [-0.4, -0.2) is 54.9 Å². The van der Waals surface area contributed by atoms with Crippen molar-refractivity contribution in [3.05, 3.63) is 48.4 Å². The second-order valence-electron chi connectivity index (χ2n) is 8.07. The average molecular weight is 467 g/mol. The molecule has 180 valence electrons. The number of nitrogens with zero attached hydrogens (tertiary/aromatic N) is 3. The van der Waals surface area contributed by atoms with Crippen LogP contribution in [-0.2, 0) is 11.3 Å². The highest BCUT2D eigenvalue weighted by atomic mass is 16.5. The van der Waals surface area contributed by atoms with Gasteiger partial charge < -0.3 is 24.1 Å². The van der Waals surface area contributed by atoms with E-state index in [4.69, 9.17) is 18.7 Å². The molecule has 3 aromatic rings. The van der Waals surface area contributed by atoms with E-state index >= 15 is 0 Å². The van der Waals surface area contributed by atoms with Crippen LogP contribution >= 0.6 is 0 Å². The normalized spacial score (nSPS) is 16.1. The van der Waals surface area contributed by atoms with Crippen LogP contribution in [0.4, 0.5) is 5.69 Å². The highest BCUT2D eigenvalue weighted by Crippen LogP contribution is 2.31. The Hall–Kier alpha value is -3.59. The molecule has 1 amide bonds. The highest BCUT2D eigenvalue weighted by molar-refractivity contribution is 5.94. The summed E-state index contributed by atoms with van der Waals surface area (Å²) in [5, 5.41) is 7.15. The van der Waals surface area contributed by atoms with Gasteiger partial charge in [0.05, 0.1) is 39.0 Å². The summed E-state index contributed by atoms with van der Waals surface area (Å²) in [7, 11) is 3.18. The molecule has 0 bridgehead atoms. The number of hydrogen-bond donors (Lipinski definition) is 1. The fraction of sp³-hybridized carbons (Fsp3) is 0.400. The van der Waals surface area contributed by atoms with Gasteiger partial charge in [-0.25, -0.2) is 0 Å². The summed E-state index contributed by atoms with van der Waals surface area (Å²) in [4.78, 5) is 19.7. The van der Waals surface area contributed by atoms with E-state index in [-0.39, 0.29) is 11.8 Å². The Labute approximate surface area is 199 Å². The van der Waals surface area contributed by atoms with Crippen LogP contribution in [0.25, 0.3) is 11.4 Å². The molecule has 4 rings (SSSR count). The lowest BCUT2D eigenvalue weighted by atomic mass is 9.97. The smallest absolute Gasteiger partial charge is 0.241 e. The number of benzene rings is 2. The van der Waals surface area contributed by atoms with E-state index in [1.807, 2.05) is 49.4 Å². The van der Waals surface area contributed by atoms with Gasteiger partial charge in [-0.3, -0.25) is 9.69 Å². The lowest BCUT2D eigenvalue weighted by molar-refractivity contribution is -0.121. The van der Waals surface area contributed by atoms with Gasteiger partial charge in [0.15, 0.2) is 11.5 Å². The molecule has 1 aliphatic heterocycles. The zero-order valence-electron chi connectivity index (χ0n) is 19.7. The Morgan fingerprint density at radius 1 is 1.15 bits per heavy atom. The summed E-state index contributed by atoms with van der Waals surface area (Å²) in [6, 6.07) is 13.0. The third-order valence-corrected chi connectivity index (χ3v) is 5.79. The Balaban J connectivity index is 1.38. The van der Waals surface area contributed by atoms with E-state index in [0.29, 0.717) is 54.3 Å². The Morgan fingerprint density at radius 3 is 2.76 bits per heavy atom. The van der Waals surface area contributed by atoms with Crippen molar-refractivity contribution in [1.29, 1.82) is 0 Å². The number of carbonyl (C=O) groups is 1. The molecular formula is C25H30N4O5. The number of carbonyl (C=O) groups excluding carboxylic acids is 1. The Morgan fingerprint density at radius 2 is 1.97 bits per heavy atom. The minimum absolute atomic E-state index is 0.00611. The molecule has 1 aliphatic rings. The topological polar surface area (TPSA) is 99.0 Å². The van der Waals surface area contributed by atoms with Gasteiger partial charge in [0.1, 0.15) is 5.75 Å². The number of hydrogen-bond acceptors (Lipinski definition) is 8. The summed E-state index contributed by atoms with van der Waals surface area (Å²) in [5.41, 5.74) is 1.47. The first-order chi connectivity index (χ1) is 16.6. The standard InChI is InChI=1S/C25H30N4O5/c1-4-33-20-10-6-5-9-19(20)26-25(30)18-8-7-13-29(15-18)16-23-27-24(28-34-23)17-11-12-21(31-2)22(14-17)32-3/h5-6,9-12,14,18H,4,7-8,13,15-16H2,1-3H3,(H,26,30). The number of amides is 1. The molecule has 0 spiro atoms. The van der Waals surface area contributed by atoms with Crippen LogP contribution in [0.1, 0.15) is 25.7 Å². The van der Waals surface area contributed by atoms with E-state index in [9.17, 15) is 4.79 Å². The Kier molecular flexibility index (Phi) is 7.64. The summed E-state index contributed by atoms with van der Waals surface area (Å²) >= 11 is 0. The SMILES string of the molecule is CCOc1ccccc1NC(=O)C1CCCN(Cc2nc(-c3ccc(OC)c(OC)c3)no2)C1. The zero-order chi connectivity index (χ0) is 23.9. The Bertz CT molecular complexity index is 1120. The molecule has 1 atom stereocenters. The predicted octanol–water partition coefficient (Wildman–Crippen LogP) is 4.00. The van der Waals surface area contributed by atoms with Crippen molar-refractivity contribution in [2.45, 2.75) is 26.3 Å². The maximum atomic E-state index is 13.0. The van der Waals surface area contributed by atoms with E-state index in [1.165, 1.54) is 0 Å². The van der Waals surface area contributed by atoms with Gasteiger partial charge in [0, 0.05) is 12.1 Å². The van der Waals surface area contributed by atoms with E-state index in [0.717, 1.165) is 24.9 Å². The number of methoxy groups -OCH3 is 2. The van der Waals surface area contributed by atoms with Crippen molar-refractivity contribution in [2.75, 3.05) is 39.2 Å². The minimum atomic E-state index is -0.128. The number of piperidine rings is 1. The maximum Gasteiger partial charge on any atom is 0.241 e. The molecule has 1 N–H and O–H groups in total. The van der Waals surface area contributed by atoms with E-state index in [2.05, 4.69) is 20.4 Å².